The van der Waals surface area contributed by atoms with Crippen LogP contribution in [0.25, 0.3) is 0 Å². The second-order valence-electron chi connectivity index (χ2n) is 5.28. The lowest BCUT2D eigenvalue weighted by Gasteiger charge is -2.07. The lowest BCUT2D eigenvalue weighted by atomic mass is 10.2. The zero-order valence-electron chi connectivity index (χ0n) is 14.1. The molecule has 0 aliphatic heterocycles. The van der Waals surface area contributed by atoms with E-state index in [0.717, 1.165) is 10.6 Å². The molecule has 0 spiro atoms. The Balaban J connectivity index is 1.88. The van der Waals surface area contributed by atoms with Crippen LogP contribution in [0.2, 0.25) is 0 Å². The summed E-state index contributed by atoms with van der Waals surface area (Å²) in [5.41, 5.74) is 0.958. The molecule has 3 rings (SSSR count). The maximum Gasteiger partial charge on any atom is 0.344 e. The summed E-state index contributed by atoms with van der Waals surface area (Å²) in [5, 5.41) is 16.2. The second-order valence-corrected chi connectivity index (χ2v) is 7.36. The molecule has 1 aromatic carbocycles. The Morgan fingerprint density at radius 3 is 2.77 bits per heavy atom. The van der Waals surface area contributed by atoms with E-state index in [4.69, 9.17) is 4.74 Å². The number of rotatable bonds is 7. The van der Waals surface area contributed by atoms with E-state index in [1.165, 1.54) is 11.3 Å². The average molecular weight is 386 g/mol. The van der Waals surface area contributed by atoms with E-state index >= 15 is 0 Å². The Labute approximate surface area is 159 Å². The Morgan fingerprint density at radius 2 is 2.08 bits per heavy atom. The number of aliphatic imine (C=N–C) groups is 1. The van der Waals surface area contributed by atoms with Crippen LogP contribution in [0.15, 0.2) is 52.8 Å². The number of thiophene rings is 2. The number of para-hydroxylation sites is 1. The van der Waals surface area contributed by atoms with Crippen molar-refractivity contribution in [3.63, 3.8) is 0 Å². The van der Waals surface area contributed by atoms with E-state index < -0.39 is 5.97 Å². The first kappa shape index (κ1) is 18.2. The predicted octanol–water partition coefficient (Wildman–Crippen LogP) is 5.05. The normalized spacial score (nSPS) is 11.0. The third-order valence-electron chi connectivity index (χ3n) is 3.46. The molecule has 0 bridgehead atoms. The lowest BCUT2D eigenvalue weighted by molar-refractivity contribution is 0.0525. The molecule has 0 unspecified atom stereocenters. The fraction of sp³-hybridized carbons (Fsp3) is 0.158. The van der Waals surface area contributed by atoms with Gasteiger partial charge in [0, 0.05) is 16.8 Å². The van der Waals surface area contributed by atoms with Gasteiger partial charge in [0.2, 0.25) is 0 Å². The van der Waals surface area contributed by atoms with Gasteiger partial charge >= 0.3 is 5.97 Å². The third kappa shape index (κ3) is 4.30. The first-order valence-corrected chi connectivity index (χ1v) is 9.75. The Morgan fingerprint density at radius 1 is 1.27 bits per heavy atom. The number of nitrogens with zero attached hydrogens (tertiary/aromatic N) is 1. The maximum atomic E-state index is 12.3. The summed E-state index contributed by atoms with van der Waals surface area (Å²) in [6.07, 6.45) is 1.60. The quantitative estimate of drug-likeness (QED) is 0.440. The van der Waals surface area contributed by atoms with Crippen molar-refractivity contribution in [2.75, 3.05) is 11.9 Å². The summed E-state index contributed by atoms with van der Waals surface area (Å²) in [6, 6.07) is 13.4. The second kappa shape index (κ2) is 8.64. The fourth-order valence-corrected chi connectivity index (χ4v) is 3.92. The van der Waals surface area contributed by atoms with Gasteiger partial charge in [-0.2, -0.15) is 0 Å². The largest absolute Gasteiger partial charge is 0.505 e. The van der Waals surface area contributed by atoms with E-state index in [-0.39, 0.29) is 17.9 Å². The summed E-state index contributed by atoms with van der Waals surface area (Å²) < 4.78 is 5.09. The van der Waals surface area contributed by atoms with Crippen LogP contribution in [0.5, 0.6) is 5.75 Å². The molecule has 2 aromatic heterocycles. The van der Waals surface area contributed by atoms with Gasteiger partial charge in [-0.15, -0.1) is 22.7 Å². The molecular formula is C19H18N2O3S2. The average Bonchev–Trinajstić information content (AvgIpc) is 3.25. The zero-order chi connectivity index (χ0) is 18.4. The van der Waals surface area contributed by atoms with Crippen LogP contribution in [0, 0.1) is 0 Å². The molecule has 134 valence electrons. The van der Waals surface area contributed by atoms with Crippen LogP contribution in [-0.4, -0.2) is 23.9 Å². The van der Waals surface area contributed by atoms with Crippen LogP contribution in [0.4, 0.5) is 10.7 Å². The van der Waals surface area contributed by atoms with Crippen molar-refractivity contribution in [1.82, 2.24) is 0 Å². The molecule has 0 aliphatic rings. The molecule has 0 atom stereocenters. The number of anilines is 2. The molecule has 0 saturated heterocycles. The maximum absolute atomic E-state index is 12.3. The molecule has 0 fully saturated rings. The van der Waals surface area contributed by atoms with Crippen LogP contribution in [-0.2, 0) is 11.3 Å². The fourth-order valence-electron chi connectivity index (χ4n) is 2.28. The Hall–Kier alpha value is -2.64. The molecule has 5 nitrogen and oxygen atoms in total. The summed E-state index contributed by atoms with van der Waals surface area (Å²) >= 11 is 2.89. The highest BCUT2D eigenvalue weighted by molar-refractivity contribution is 7.18. The standard InChI is InChI=1S/C19H18N2O3S2/c1-2-24-19(23)16-17(22)15(12-20-11-14-9-6-10-25-14)26-18(16)21-13-7-4-3-5-8-13/h3-10,12,21-22H,2,11H2,1H3. The molecule has 0 amide bonds. The van der Waals surface area contributed by atoms with Gasteiger partial charge in [-0.1, -0.05) is 24.3 Å². The van der Waals surface area contributed by atoms with E-state index in [0.29, 0.717) is 16.4 Å². The smallest absolute Gasteiger partial charge is 0.344 e. The van der Waals surface area contributed by atoms with E-state index in [1.54, 1.807) is 24.5 Å². The minimum atomic E-state index is -0.558. The van der Waals surface area contributed by atoms with Gasteiger partial charge < -0.3 is 15.2 Å². The highest BCUT2D eigenvalue weighted by Gasteiger charge is 2.24. The van der Waals surface area contributed by atoms with Gasteiger partial charge in [0.1, 0.15) is 10.6 Å². The number of carbonyl (C=O) groups excluding carboxylic acids is 1. The van der Waals surface area contributed by atoms with Crippen LogP contribution >= 0.6 is 22.7 Å². The molecule has 0 saturated carbocycles. The predicted molar refractivity (Wildman–Crippen MR) is 107 cm³/mol. The van der Waals surface area contributed by atoms with E-state index in [2.05, 4.69) is 10.3 Å². The van der Waals surface area contributed by atoms with Crippen molar-refractivity contribution >= 4 is 45.5 Å². The highest BCUT2D eigenvalue weighted by Crippen LogP contribution is 2.39. The molecule has 0 radical (unpaired) electrons. The van der Waals surface area contributed by atoms with Crippen molar-refractivity contribution in [2.24, 2.45) is 4.99 Å². The lowest BCUT2D eigenvalue weighted by Crippen LogP contribution is -2.06. The zero-order valence-corrected chi connectivity index (χ0v) is 15.8. The highest BCUT2D eigenvalue weighted by atomic mass is 32.1. The topological polar surface area (TPSA) is 70.9 Å². The number of benzene rings is 1. The minimum Gasteiger partial charge on any atom is -0.505 e. The summed E-state index contributed by atoms with van der Waals surface area (Å²) in [4.78, 5) is 18.3. The summed E-state index contributed by atoms with van der Waals surface area (Å²) in [7, 11) is 0. The van der Waals surface area contributed by atoms with Crippen LogP contribution < -0.4 is 5.32 Å². The van der Waals surface area contributed by atoms with Crippen molar-refractivity contribution in [2.45, 2.75) is 13.5 Å². The monoisotopic (exact) mass is 386 g/mol. The Kier molecular flexibility index (Phi) is 6.04. The number of hydrogen-bond donors (Lipinski definition) is 2. The number of aromatic hydroxyl groups is 1. The number of carbonyl (C=O) groups is 1. The van der Waals surface area contributed by atoms with Crippen molar-refractivity contribution < 1.29 is 14.6 Å². The number of esters is 1. The molecule has 3 aromatic rings. The molecule has 0 aliphatic carbocycles. The molecule has 2 N–H and O–H groups in total. The van der Waals surface area contributed by atoms with E-state index in [9.17, 15) is 9.90 Å². The first-order chi connectivity index (χ1) is 12.7. The van der Waals surface area contributed by atoms with Gasteiger partial charge in [0.15, 0.2) is 5.75 Å². The van der Waals surface area contributed by atoms with Gasteiger partial charge in [-0.25, -0.2) is 4.79 Å². The van der Waals surface area contributed by atoms with Crippen LogP contribution in [0.3, 0.4) is 0 Å². The molecule has 26 heavy (non-hydrogen) atoms. The molecule has 2 heterocycles. The van der Waals surface area contributed by atoms with Crippen molar-refractivity contribution in [3.8, 4) is 5.75 Å². The van der Waals surface area contributed by atoms with Gasteiger partial charge in [0.25, 0.3) is 0 Å². The van der Waals surface area contributed by atoms with Gasteiger partial charge in [-0.05, 0) is 30.5 Å². The molecular weight excluding hydrogens is 368 g/mol. The van der Waals surface area contributed by atoms with Crippen molar-refractivity contribution in [3.05, 3.63) is 63.2 Å². The van der Waals surface area contributed by atoms with Gasteiger partial charge in [-0.3, -0.25) is 4.99 Å². The summed E-state index contributed by atoms with van der Waals surface area (Å²) in [6.45, 7) is 2.50. The summed E-state index contributed by atoms with van der Waals surface area (Å²) in [5.74, 6) is -0.667. The number of hydrogen-bond acceptors (Lipinski definition) is 7. The minimum absolute atomic E-state index is 0.109. The first-order valence-electron chi connectivity index (χ1n) is 8.06. The number of nitrogens with one attached hydrogen (secondary N) is 1. The van der Waals surface area contributed by atoms with Crippen LogP contribution in [0.1, 0.15) is 27.0 Å². The van der Waals surface area contributed by atoms with Gasteiger partial charge in [0.05, 0.1) is 18.0 Å². The third-order valence-corrected chi connectivity index (χ3v) is 5.35. The number of ether oxygens (including phenoxy) is 1. The van der Waals surface area contributed by atoms with E-state index in [1.807, 2.05) is 47.8 Å². The SMILES string of the molecule is CCOC(=O)c1c(Nc2ccccc2)sc(C=NCc2cccs2)c1O. The Bertz CT molecular complexity index is 887. The van der Waals surface area contributed by atoms with Crippen molar-refractivity contribution in [1.29, 1.82) is 0 Å². The molecule has 7 heteroatoms.